The Morgan fingerprint density at radius 3 is 2.59 bits per heavy atom. The maximum absolute atomic E-state index is 12.2. The number of H-pyrrole nitrogens is 1. The van der Waals surface area contributed by atoms with E-state index in [0.29, 0.717) is 30.5 Å². The van der Waals surface area contributed by atoms with Gasteiger partial charge in [0, 0.05) is 42.0 Å². The van der Waals surface area contributed by atoms with Crippen molar-refractivity contribution < 1.29 is 9.53 Å². The van der Waals surface area contributed by atoms with Gasteiger partial charge in [0.05, 0.1) is 42.5 Å². The first kappa shape index (κ1) is 26.0. The van der Waals surface area contributed by atoms with Crippen molar-refractivity contribution in [1.29, 1.82) is 0 Å². The first-order valence-corrected chi connectivity index (χ1v) is 14.2. The lowest BCUT2D eigenvalue weighted by atomic mass is 9.82. The molecule has 1 aliphatic heterocycles. The third kappa shape index (κ3) is 4.61. The van der Waals surface area contributed by atoms with E-state index in [-0.39, 0.29) is 5.91 Å². The molecule has 206 valence electrons. The van der Waals surface area contributed by atoms with Crippen LogP contribution in [0.1, 0.15) is 73.8 Å². The predicted octanol–water partition coefficient (Wildman–Crippen LogP) is 4.49. The number of nitrogens with zero attached hydrogens (tertiary/aromatic N) is 5. The van der Waals surface area contributed by atoms with Gasteiger partial charge in [-0.2, -0.15) is 5.10 Å². The predicted molar refractivity (Wildman–Crippen MR) is 152 cm³/mol. The summed E-state index contributed by atoms with van der Waals surface area (Å²) in [5.41, 5.74) is 10.1. The molecule has 4 aromatic rings. The van der Waals surface area contributed by atoms with Crippen molar-refractivity contribution in [2.45, 2.75) is 77.3 Å². The molecule has 9 nitrogen and oxygen atoms in total. The van der Waals surface area contributed by atoms with E-state index in [4.69, 9.17) is 9.72 Å². The normalized spacial score (nSPS) is 20.3. The second kappa shape index (κ2) is 10.4. The summed E-state index contributed by atoms with van der Waals surface area (Å²) in [5.74, 6) is 0.814. The van der Waals surface area contributed by atoms with Crippen molar-refractivity contribution in [2.24, 2.45) is 0 Å². The van der Waals surface area contributed by atoms with Crippen molar-refractivity contribution in [3.63, 3.8) is 0 Å². The number of fused-ring (bicyclic) bond motifs is 2. The topological polar surface area (TPSA) is 100 Å². The van der Waals surface area contributed by atoms with Crippen LogP contribution in [0, 0.1) is 13.8 Å². The Labute approximate surface area is 229 Å². The summed E-state index contributed by atoms with van der Waals surface area (Å²) in [4.78, 5) is 28.0. The molecule has 2 N–H and O–H groups in total. The van der Waals surface area contributed by atoms with E-state index in [9.17, 15) is 4.79 Å². The lowest BCUT2D eigenvalue weighted by Crippen LogP contribution is -2.56. The fourth-order valence-corrected chi connectivity index (χ4v) is 6.48. The van der Waals surface area contributed by atoms with E-state index in [1.165, 1.54) is 16.8 Å². The fourth-order valence-electron chi connectivity index (χ4n) is 6.48. The monoisotopic (exact) mass is 529 g/mol. The number of carbonyl (C=O) groups excluding carboxylic acids is 1. The minimum absolute atomic E-state index is 0.0778. The zero-order valence-corrected chi connectivity index (χ0v) is 23.6. The molecular formula is C30H39N7O2. The third-order valence-electron chi connectivity index (χ3n) is 8.95. The second-order valence-corrected chi connectivity index (χ2v) is 11.6. The molecule has 1 saturated carbocycles. The summed E-state index contributed by atoms with van der Waals surface area (Å²) in [6, 6.07) is 5.19. The van der Waals surface area contributed by atoms with Crippen molar-refractivity contribution >= 4 is 22.6 Å². The summed E-state index contributed by atoms with van der Waals surface area (Å²) >= 11 is 0. The molecule has 0 bridgehead atoms. The molecule has 2 aliphatic rings. The smallest absolute Gasteiger partial charge is 0.233 e. The Morgan fingerprint density at radius 1 is 1.15 bits per heavy atom. The highest BCUT2D eigenvalue weighted by atomic mass is 16.5. The molecule has 1 amide bonds. The Balaban J connectivity index is 1.29. The summed E-state index contributed by atoms with van der Waals surface area (Å²) < 4.78 is 7.32. The SMILES string of the molecule is CNC(=O)CN(C1CCC(c2ccc3[nH]c(-c4cn5ncnc5c(C)c4C)c(C(C)C)c3n2)CC1)C1COC1. The van der Waals surface area contributed by atoms with E-state index >= 15 is 0 Å². The highest BCUT2D eigenvalue weighted by Crippen LogP contribution is 2.40. The number of nitrogens with one attached hydrogen (secondary N) is 2. The molecule has 9 heteroatoms. The van der Waals surface area contributed by atoms with Crippen molar-refractivity contribution in [1.82, 2.24) is 34.8 Å². The minimum Gasteiger partial charge on any atom is -0.378 e. The molecule has 5 heterocycles. The molecule has 0 unspecified atom stereocenters. The molecule has 0 spiro atoms. The van der Waals surface area contributed by atoms with Gasteiger partial charge in [-0.15, -0.1) is 0 Å². The van der Waals surface area contributed by atoms with Gasteiger partial charge in [-0.1, -0.05) is 13.8 Å². The number of aryl methyl sites for hydroxylation is 1. The van der Waals surface area contributed by atoms with Crippen LogP contribution in [0.15, 0.2) is 24.7 Å². The van der Waals surface area contributed by atoms with Crippen LogP contribution < -0.4 is 5.32 Å². The van der Waals surface area contributed by atoms with Gasteiger partial charge in [0.15, 0.2) is 5.65 Å². The molecule has 4 aromatic heterocycles. The molecule has 0 aromatic carbocycles. The number of carbonyl (C=O) groups is 1. The van der Waals surface area contributed by atoms with Gasteiger partial charge in [0.25, 0.3) is 0 Å². The number of amides is 1. The molecule has 0 atom stereocenters. The van der Waals surface area contributed by atoms with Gasteiger partial charge >= 0.3 is 0 Å². The van der Waals surface area contributed by atoms with Gasteiger partial charge in [0.2, 0.25) is 5.91 Å². The zero-order chi connectivity index (χ0) is 27.3. The molecular weight excluding hydrogens is 490 g/mol. The summed E-state index contributed by atoms with van der Waals surface area (Å²) in [7, 11) is 1.71. The van der Waals surface area contributed by atoms with Gasteiger partial charge < -0.3 is 15.0 Å². The maximum Gasteiger partial charge on any atom is 0.233 e. The van der Waals surface area contributed by atoms with Gasteiger partial charge in [-0.3, -0.25) is 14.7 Å². The number of pyridine rings is 2. The number of hydrogen-bond acceptors (Lipinski definition) is 6. The van der Waals surface area contributed by atoms with E-state index in [2.05, 4.69) is 71.3 Å². The maximum atomic E-state index is 12.2. The lowest BCUT2D eigenvalue weighted by Gasteiger charge is -2.44. The summed E-state index contributed by atoms with van der Waals surface area (Å²) in [6.45, 7) is 10.7. The van der Waals surface area contributed by atoms with Gasteiger partial charge in [0.1, 0.15) is 6.33 Å². The standard InChI is InChI=1S/C30H39N7O2/c1-17(2)27-28(23-12-37-30(32-16-33-37)19(4)18(23)3)35-25-11-10-24(34-29(25)27)20-6-8-21(9-7-20)36(13-26(38)31-5)22-14-39-15-22/h10-12,16-17,20-22,35H,6-9,13-15H2,1-5H3,(H,31,38). The van der Waals surface area contributed by atoms with Gasteiger partial charge in [-0.05, 0) is 68.7 Å². The Morgan fingerprint density at radius 2 is 1.92 bits per heavy atom. The Bertz CT molecular complexity index is 1510. The molecule has 2 fully saturated rings. The quantitative estimate of drug-likeness (QED) is 0.366. The third-order valence-corrected chi connectivity index (χ3v) is 8.95. The Kier molecular flexibility index (Phi) is 6.89. The summed E-state index contributed by atoms with van der Waals surface area (Å²) in [6.07, 6.45) is 8.00. The van der Waals surface area contributed by atoms with Crippen LogP contribution in [-0.2, 0) is 9.53 Å². The number of aromatic nitrogens is 5. The first-order chi connectivity index (χ1) is 18.9. The van der Waals surface area contributed by atoms with Crippen LogP contribution in [0.4, 0.5) is 0 Å². The number of aromatic amines is 1. The molecule has 0 radical (unpaired) electrons. The summed E-state index contributed by atoms with van der Waals surface area (Å²) in [5, 5.41) is 7.20. The highest BCUT2D eigenvalue weighted by Gasteiger charge is 2.35. The molecule has 1 saturated heterocycles. The van der Waals surface area contributed by atoms with Crippen LogP contribution in [0.5, 0.6) is 0 Å². The largest absolute Gasteiger partial charge is 0.378 e. The van der Waals surface area contributed by atoms with Crippen LogP contribution in [0.3, 0.4) is 0 Å². The van der Waals surface area contributed by atoms with Crippen molar-refractivity contribution in [2.75, 3.05) is 26.8 Å². The second-order valence-electron chi connectivity index (χ2n) is 11.6. The zero-order valence-electron chi connectivity index (χ0n) is 23.6. The lowest BCUT2D eigenvalue weighted by molar-refractivity contribution is -0.129. The van der Waals surface area contributed by atoms with Gasteiger partial charge in [-0.25, -0.2) is 9.50 Å². The van der Waals surface area contributed by atoms with E-state index < -0.39 is 0 Å². The van der Waals surface area contributed by atoms with E-state index in [1.807, 2.05) is 4.52 Å². The van der Waals surface area contributed by atoms with Crippen molar-refractivity contribution in [3.8, 4) is 11.3 Å². The number of ether oxygens (including phenoxy) is 1. The molecule has 1 aliphatic carbocycles. The Hall–Kier alpha value is -3.30. The van der Waals surface area contributed by atoms with Crippen LogP contribution in [0.25, 0.3) is 27.9 Å². The number of rotatable bonds is 7. The van der Waals surface area contributed by atoms with E-state index in [0.717, 1.165) is 72.4 Å². The van der Waals surface area contributed by atoms with Crippen LogP contribution >= 0.6 is 0 Å². The fraction of sp³-hybridized carbons (Fsp3) is 0.533. The first-order valence-electron chi connectivity index (χ1n) is 14.2. The van der Waals surface area contributed by atoms with Crippen LogP contribution in [-0.4, -0.2) is 74.3 Å². The molecule has 39 heavy (non-hydrogen) atoms. The number of hydrogen-bond donors (Lipinski definition) is 2. The highest BCUT2D eigenvalue weighted by molar-refractivity contribution is 5.89. The average molecular weight is 530 g/mol. The van der Waals surface area contributed by atoms with Crippen molar-refractivity contribution in [3.05, 3.63) is 47.0 Å². The number of likely N-dealkylation sites (N-methyl/N-ethyl adjacent to an activating group) is 1. The average Bonchev–Trinajstić information content (AvgIpc) is 3.53. The molecule has 6 rings (SSSR count). The minimum atomic E-state index is 0.0778. The van der Waals surface area contributed by atoms with E-state index in [1.54, 1.807) is 13.4 Å². The van der Waals surface area contributed by atoms with Crippen LogP contribution in [0.2, 0.25) is 0 Å².